The highest BCUT2D eigenvalue weighted by molar-refractivity contribution is 7.87. The fourth-order valence-corrected chi connectivity index (χ4v) is 13.2. The molecule has 0 bridgehead atoms. The number of methoxy groups -OCH3 is 1. The molecular weight excluding hydrogens is 2190 g/mol. The van der Waals surface area contributed by atoms with Gasteiger partial charge in [0.05, 0.1) is 29.4 Å². The van der Waals surface area contributed by atoms with E-state index in [1.807, 2.05) is 14.2 Å². The Labute approximate surface area is 736 Å². The maximum absolute atomic E-state index is 17.5. The molecule has 6 aromatic carbocycles. The molecule has 2 fully saturated rings. The van der Waals surface area contributed by atoms with E-state index in [4.69, 9.17) is 18.2 Å². The molecule has 2 aliphatic carbocycles. The Kier molecular flexibility index (Phi) is 27.4. The average molecular weight is 2230 g/mol. The minimum atomic E-state index is -8.50. The van der Waals surface area contributed by atoms with Crippen LogP contribution in [0.5, 0.6) is 28.7 Å². The summed E-state index contributed by atoms with van der Waals surface area (Å²) in [5, 5.41) is -31.3. The highest BCUT2D eigenvalue weighted by Gasteiger charge is 3.05. The monoisotopic (exact) mass is 2220 g/mol. The molecule has 75 heteroatoms. The van der Waals surface area contributed by atoms with Gasteiger partial charge in [-0.25, -0.2) is 18.9 Å². The van der Waals surface area contributed by atoms with Gasteiger partial charge in [0.1, 0.15) is 28.7 Å². The van der Waals surface area contributed by atoms with Gasteiger partial charge in [0.25, 0.3) is 0 Å². The van der Waals surface area contributed by atoms with Crippen LogP contribution in [0.3, 0.4) is 0 Å². The first kappa shape index (κ1) is 116. The SMILES string of the molecule is COc1ccc(-c2ccc(OC3(F)C(F)(F)C(F)(F)C3(F)Oc3ccc(-c4ccc(OC5(F)C(F)(F)C(F)(F)C5(F)Oc5ccc(C(c6ccc(C)cc6)(C(F)(F)F)C(F)(F)F)cc5)c(C(F)(F)C(F)(F)OC(F)(F)C(F)(F)S(=O)(=O)O)c4)cc3C(F)(F)C(F)(F)OC(F)(F)C(F)(F)S(=O)(=O)O)c(C(F)(F)C(F)(F)OC(F)(F)C(F)(F)S(=O)(=O)O)c2)cc1C(F)(F)C(F)(F)OC(F)(F)C(F)(F)S(=O)(=O)O. The number of aryl methyl sites for hydroxylation is 1. The van der Waals surface area contributed by atoms with Crippen molar-refractivity contribution in [3.05, 3.63) is 160 Å². The third-order valence-electron chi connectivity index (χ3n) is 19.2. The van der Waals surface area contributed by atoms with Crippen molar-refractivity contribution in [2.24, 2.45) is 0 Å². The van der Waals surface area contributed by atoms with Crippen molar-refractivity contribution in [1.82, 2.24) is 0 Å². The minimum Gasteiger partial charge on any atom is -0.496 e. The third-order valence-corrected chi connectivity index (χ3v) is 22.7. The molecule has 0 amide bonds. The maximum Gasteiger partial charge on any atom is 0.460 e. The summed E-state index contributed by atoms with van der Waals surface area (Å²) in [6, 6.07) is -15.9. The molecule has 4 atom stereocenters. The lowest BCUT2D eigenvalue weighted by atomic mass is 9.72. The smallest absolute Gasteiger partial charge is 0.460 e. The van der Waals surface area contributed by atoms with Gasteiger partial charge in [0.2, 0.25) is 5.41 Å². The second-order valence-corrected chi connectivity index (χ2v) is 33.9. The average Bonchev–Trinajstić information content (AvgIpc) is 0.653. The van der Waals surface area contributed by atoms with E-state index in [0.29, 0.717) is 12.1 Å². The molecule has 0 radical (unpaired) electrons. The number of benzene rings is 6. The molecule has 8 rings (SSSR count). The van der Waals surface area contributed by atoms with Crippen molar-refractivity contribution in [3.8, 4) is 51.0 Å². The Morgan fingerprint density at radius 2 is 0.436 bits per heavy atom. The number of rotatable bonds is 37. The van der Waals surface area contributed by atoms with Gasteiger partial charge >= 0.3 is 194 Å². The molecule has 0 aromatic heterocycles. The van der Waals surface area contributed by atoms with Crippen molar-refractivity contribution >= 4 is 40.5 Å². The van der Waals surface area contributed by atoms with Crippen LogP contribution < -0.4 is 23.7 Å². The zero-order valence-corrected chi connectivity index (χ0v) is 67.6. The molecule has 6 aromatic rings. The van der Waals surface area contributed by atoms with Crippen LogP contribution in [0, 0.1) is 6.92 Å². The molecule has 2 aliphatic rings. The van der Waals surface area contributed by atoms with Gasteiger partial charge in [0, 0.05) is 0 Å². The molecule has 2 saturated carbocycles. The van der Waals surface area contributed by atoms with E-state index >= 15 is 123 Å². The number of halogens is 50. The van der Waals surface area contributed by atoms with Crippen LogP contribution in [0.1, 0.15) is 38.9 Å². The fourth-order valence-electron chi connectivity index (χ4n) is 11.8. The highest BCUT2D eigenvalue weighted by Crippen LogP contribution is 2.73. The first-order valence-electron chi connectivity index (χ1n) is 33.8. The van der Waals surface area contributed by atoms with Crippen LogP contribution in [0.2, 0.25) is 0 Å². The van der Waals surface area contributed by atoms with Crippen molar-refractivity contribution in [2.75, 3.05) is 7.11 Å². The first-order valence-corrected chi connectivity index (χ1v) is 39.6. The number of hydrogen-bond acceptors (Lipinski definition) is 17. The second-order valence-electron chi connectivity index (χ2n) is 28.1. The van der Waals surface area contributed by atoms with E-state index in [1.165, 1.54) is 0 Å². The summed E-state index contributed by atoms with van der Waals surface area (Å²) < 4.78 is 921. The van der Waals surface area contributed by atoms with E-state index < -0.39 is 374 Å². The van der Waals surface area contributed by atoms with Gasteiger partial charge < -0.3 is 23.7 Å². The van der Waals surface area contributed by atoms with Crippen molar-refractivity contribution < 1.29 is 314 Å². The molecule has 4 unspecified atom stereocenters. The molecule has 140 heavy (non-hydrogen) atoms. The second kappa shape index (κ2) is 33.2. The summed E-state index contributed by atoms with van der Waals surface area (Å²) in [4.78, 5) is 0. The molecule has 0 spiro atoms. The molecule has 0 aliphatic heterocycles. The third kappa shape index (κ3) is 16.9. The summed E-state index contributed by atoms with van der Waals surface area (Å²) in [5.41, 5.74) is -35.9. The van der Waals surface area contributed by atoms with Crippen LogP contribution in [-0.4, -0.2) is 188 Å². The van der Waals surface area contributed by atoms with Gasteiger partial charge in [-0.3, -0.25) is 18.2 Å². The maximum atomic E-state index is 17.5. The van der Waals surface area contributed by atoms with Gasteiger partial charge in [-0.1, -0.05) is 66.2 Å². The Morgan fingerprint density at radius 3 is 0.629 bits per heavy atom. The van der Waals surface area contributed by atoms with Crippen molar-refractivity contribution in [1.29, 1.82) is 0 Å². The molecule has 4 N–H and O–H groups in total. The van der Waals surface area contributed by atoms with Crippen molar-refractivity contribution in [2.45, 2.75) is 165 Å². The Bertz CT molecular complexity index is 6250. The quantitative estimate of drug-likeness (QED) is 0.0208. The molecule has 21 nitrogen and oxygen atoms in total. The zero-order valence-electron chi connectivity index (χ0n) is 64.3. The first-order chi connectivity index (χ1) is 61.6. The molecular formula is C65H30F50O21S4. The molecule has 790 valence electrons. The number of alkyl halides is 50. The van der Waals surface area contributed by atoms with Gasteiger partial charge in [-0.05, 0) is 101 Å². The fraction of sp³-hybridized carbons (Fsp3) is 0.446. The summed E-state index contributed by atoms with van der Waals surface area (Å²) in [5.74, 6) is -109. The Balaban J connectivity index is 1.41. The van der Waals surface area contributed by atoms with E-state index in [1.54, 1.807) is 4.74 Å². The lowest BCUT2D eigenvalue weighted by Gasteiger charge is -2.56. The van der Waals surface area contributed by atoms with E-state index in [0.717, 1.165) is 6.92 Å². The Morgan fingerprint density at radius 1 is 0.250 bits per heavy atom. The molecule has 0 heterocycles. The summed E-state index contributed by atoms with van der Waals surface area (Å²) >= 11 is 0. The normalized spacial score (nSPS) is 21.3. The van der Waals surface area contributed by atoms with Crippen LogP contribution in [0.15, 0.2) is 121 Å². The summed E-state index contributed by atoms with van der Waals surface area (Å²) in [6.07, 6.45) is -78.4. The van der Waals surface area contributed by atoms with E-state index in [-0.39, 0.29) is 30.9 Å². The number of ether oxygens (including phenoxy) is 9. The van der Waals surface area contributed by atoms with Crippen LogP contribution in [-0.2, 0) is 88.5 Å². The zero-order chi connectivity index (χ0) is 109. The van der Waals surface area contributed by atoms with Crippen molar-refractivity contribution in [3.63, 3.8) is 0 Å². The van der Waals surface area contributed by atoms with Crippen LogP contribution in [0.4, 0.5) is 220 Å². The van der Waals surface area contributed by atoms with E-state index in [9.17, 15) is 130 Å². The summed E-state index contributed by atoms with van der Waals surface area (Å²) in [7, 11) is -32.6. The standard InChI is InChI=1S/C65H30F50O21S4/c1-23-3-9-28(10-4-23)39(52(86,87)88,53(89,90)91)29-11-13-30(14-12-29)129-48(82)44(74,75)45(76,77)49(48,83)130-36-16-7-26(21-32(36)41(68,69)55(94,95)134-59(102,103)63(110,111)138(119,120)121)27-8-18-38(34(22-27)43(72,73)57(98,99)136-61(106,107)65(114,115)140(125,126)127)132-51(85)47(80,81)46(78,79)50(51,84)131-37-17-6-25(20-33(37)42(70,71)56(96,97)135-60(104,105)64(112,113)139(122,123)124)24-5-15-35(128-2)31(19-24)40(66,67)54(92,93)133-58(100,101)62(108,109)137(116,117)118/h3-22H,1-2H3,(H,116,117,118)(H,119,120,121)(H,122,123,124)(H,125,126,127). The Hall–Kier alpha value is -9.70. The topological polar surface area (TPSA) is 301 Å². The number of hydrogen-bond donors (Lipinski definition) is 4. The van der Waals surface area contributed by atoms with Gasteiger partial charge in [-0.15, -0.1) is 0 Å². The minimum absolute atomic E-state index is 0.0316. The molecule has 0 saturated heterocycles. The highest BCUT2D eigenvalue weighted by atomic mass is 32.2. The largest absolute Gasteiger partial charge is 0.496 e. The van der Waals surface area contributed by atoms with Crippen LogP contribution in [0.25, 0.3) is 22.3 Å². The van der Waals surface area contributed by atoms with Gasteiger partial charge in [0.15, 0.2) is 0 Å². The predicted octanol–water partition coefficient (Wildman–Crippen LogP) is 22.0. The lowest BCUT2D eigenvalue weighted by Crippen LogP contribution is -2.89. The lowest BCUT2D eigenvalue weighted by molar-refractivity contribution is -0.527. The van der Waals surface area contributed by atoms with Gasteiger partial charge in [-0.2, -0.15) is 253 Å². The van der Waals surface area contributed by atoms with E-state index in [2.05, 4.69) is 23.7 Å². The predicted molar refractivity (Wildman–Crippen MR) is 344 cm³/mol. The van der Waals surface area contributed by atoms with Crippen LogP contribution >= 0.6 is 0 Å². The summed E-state index contributed by atoms with van der Waals surface area (Å²) in [6.45, 7) is 1.04.